The predicted octanol–water partition coefficient (Wildman–Crippen LogP) is 2.22. The molecule has 0 aliphatic heterocycles. The molecule has 0 saturated heterocycles. The second kappa shape index (κ2) is 3.64. The maximum Gasteiger partial charge on any atom is 0.352 e. The van der Waals surface area contributed by atoms with Crippen LogP contribution in [0.15, 0.2) is 6.20 Å². The molecular weight excluding hydrogens is 166 g/mol. The van der Waals surface area contributed by atoms with E-state index in [1.807, 2.05) is 6.92 Å². The topological polar surface area (TPSA) is 53.1 Å². The van der Waals surface area contributed by atoms with Crippen LogP contribution < -0.4 is 0 Å². The monoisotopic (exact) mass is 181 g/mol. The Hall–Kier alpha value is -1.25. The quantitative estimate of drug-likeness (QED) is 0.751. The Morgan fingerprint density at radius 1 is 1.62 bits per heavy atom. The Morgan fingerprint density at radius 2 is 2.23 bits per heavy atom. The maximum absolute atomic E-state index is 10.8. The lowest BCUT2D eigenvalue weighted by atomic mass is 10.00. The first-order chi connectivity index (χ1) is 6.02. The fraction of sp³-hybridized carbons (Fsp3) is 0.500. The third-order valence-electron chi connectivity index (χ3n) is 2.04. The average Bonchev–Trinajstić information content (AvgIpc) is 2.32. The van der Waals surface area contributed by atoms with Crippen molar-refractivity contribution in [1.29, 1.82) is 0 Å². The van der Waals surface area contributed by atoms with Crippen molar-refractivity contribution in [3.8, 4) is 0 Å². The zero-order valence-electron chi connectivity index (χ0n) is 8.22. The van der Waals surface area contributed by atoms with Gasteiger partial charge in [0.2, 0.25) is 0 Å². The van der Waals surface area contributed by atoms with E-state index in [-0.39, 0.29) is 0 Å². The highest BCUT2D eigenvalue weighted by Gasteiger charge is 2.14. The minimum absolute atomic E-state index is 0.339. The molecule has 0 atom stereocenters. The van der Waals surface area contributed by atoms with Crippen LogP contribution in [0, 0.1) is 12.8 Å². The number of hydrogen-bond acceptors (Lipinski definition) is 1. The number of aromatic nitrogens is 1. The van der Waals surface area contributed by atoms with E-state index in [1.54, 1.807) is 6.20 Å². The van der Waals surface area contributed by atoms with Gasteiger partial charge in [-0.3, -0.25) is 0 Å². The maximum atomic E-state index is 10.8. The van der Waals surface area contributed by atoms with E-state index in [1.165, 1.54) is 0 Å². The van der Waals surface area contributed by atoms with Crippen molar-refractivity contribution in [3.63, 3.8) is 0 Å². The molecule has 3 nitrogen and oxygen atoms in total. The van der Waals surface area contributed by atoms with Crippen LogP contribution in [0.25, 0.3) is 0 Å². The van der Waals surface area contributed by atoms with Gasteiger partial charge in [-0.15, -0.1) is 0 Å². The Labute approximate surface area is 77.8 Å². The second-order valence-corrected chi connectivity index (χ2v) is 3.73. The standard InChI is InChI=1S/C10H15NO2/c1-6(2)4-8-7(3)5-11-9(8)10(12)13/h5-6,11H,4H2,1-3H3,(H,12,13). The van der Waals surface area contributed by atoms with Crippen LogP contribution in [0.4, 0.5) is 0 Å². The molecule has 2 N–H and O–H groups in total. The largest absolute Gasteiger partial charge is 0.477 e. The van der Waals surface area contributed by atoms with Gasteiger partial charge in [0.15, 0.2) is 0 Å². The van der Waals surface area contributed by atoms with Crippen molar-refractivity contribution in [2.24, 2.45) is 5.92 Å². The van der Waals surface area contributed by atoms with Crippen LogP contribution in [-0.2, 0) is 6.42 Å². The van der Waals surface area contributed by atoms with Gasteiger partial charge in [0.05, 0.1) is 0 Å². The summed E-state index contributed by atoms with van der Waals surface area (Å²) in [6, 6.07) is 0. The third kappa shape index (κ3) is 2.11. The van der Waals surface area contributed by atoms with Crippen molar-refractivity contribution in [3.05, 3.63) is 23.0 Å². The van der Waals surface area contributed by atoms with Crippen LogP contribution in [0.3, 0.4) is 0 Å². The van der Waals surface area contributed by atoms with E-state index in [4.69, 9.17) is 5.11 Å². The second-order valence-electron chi connectivity index (χ2n) is 3.73. The summed E-state index contributed by atoms with van der Waals surface area (Å²) in [7, 11) is 0. The zero-order valence-corrected chi connectivity index (χ0v) is 8.22. The van der Waals surface area contributed by atoms with Gasteiger partial charge in [-0.05, 0) is 30.4 Å². The fourth-order valence-corrected chi connectivity index (χ4v) is 1.41. The summed E-state index contributed by atoms with van der Waals surface area (Å²) >= 11 is 0. The van der Waals surface area contributed by atoms with Gasteiger partial charge in [-0.25, -0.2) is 4.79 Å². The number of carbonyl (C=O) groups is 1. The van der Waals surface area contributed by atoms with E-state index >= 15 is 0 Å². The molecule has 0 radical (unpaired) electrons. The van der Waals surface area contributed by atoms with Crippen molar-refractivity contribution in [1.82, 2.24) is 4.98 Å². The summed E-state index contributed by atoms with van der Waals surface area (Å²) in [5, 5.41) is 8.86. The number of carboxylic acids is 1. The Morgan fingerprint density at radius 3 is 2.69 bits per heavy atom. The molecule has 3 heteroatoms. The summed E-state index contributed by atoms with van der Waals surface area (Å²) in [6.07, 6.45) is 2.57. The van der Waals surface area contributed by atoms with E-state index < -0.39 is 5.97 Å². The summed E-state index contributed by atoms with van der Waals surface area (Å²) in [5.41, 5.74) is 2.31. The van der Waals surface area contributed by atoms with Gasteiger partial charge in [0.1, 0.15) is 5.69 Å². The van der Waals surface area contributed by atoms with Gasteiger partial charge >= 0.3 is 5.97 Å². The number of aromatic carboxylic acids is 1. The molecule has 0 saturated carbocycles. The third-order valence-corrected chi connectivity index (χ3v) is 2.04. The van der Waals surface area contributed by atoms with E-state index in [0.717, 1.165) is 17.5 Å². The first-order valence-electron chi connectivity index (χ1n) is 4.42. The van der Waals surface area contributed by atoms with Gasteiger partial charge in [0.25, 0.3) is 0 Å². The molecule has 0 aliphatic rings. The Bertz CT molecular complexity index is 313. The van der Waals surface area contributed by atoms with Crippen molar-refractivity contribution >= 4 is 5.97 Å². The molecule has 0 amide bonds. The predicted molar refractivity (Wildman–Crippen MR) is 51.0 cm³/mol. The highest BCUT2D eigenvalue weighted by Crippen LogP contribution is 2.17. The van der Waals surface area contributed by atoms with Crippen LogP contribution in [0.2, 0.25) is 0 Å². The molecule has 0 aliphatic carbocycles. The lowest BCUT2D eigenvalue weighted by Crippen LogP contribution is -2.04. The van der Waals surface area contributed by atoms with E-state index in [0.29, 0.717) is 11.6 Å². The van der Waals surface area contributed by atoms with Crippen molar-refractivity contribution in [2.45, 2.75) is 27.2 Å². The molecule has 1 heterocycles. The van der Waals surface area contributed by atoms with E-state index in [2.05, 4.69) is 18.8 Å². The number of nitrogens with one attached hydrogen (secondary N) is 1. The number of rotatable bonds is 3. The summed E-state index contributed by atoms with van der Waals surface area (Å²) < 4.78 is 0. The van der Waals surface area contributed by atoms with Gasteiger partial charge in [-0.1, -0.05) is 13.8 Å². The first kappa shape index (κ1) is 9.84. The fourth-order valence-electron chi connectivity index (χ4n) is 1.41. The summed E-state index contributed by atoms with van der Waals surface area (Å²) in [6.45, 7) is 6.09. The molecule has 1 rings (SSSR count). The van der Waals surface area contributed by atoms with Gasteiger partial charge in [0, 0.05) is 6.20 Å². The average molecular weight is 181 g/mol. The Balaban J connectivity index is 3.01. The number of H-pyrrole nitrogens is 1. The minimum atomic E-state index is -0.872. The normalized spacial score (nSPS) is 10.8. The van der Waals surface area contributed by atoms with E-state index in [9.17, 15) is 4.79 Å². The molecule has 0 unspecified atom stereocenters. The molecule has 13 heavy (non-hydrogen) atoms. The number of aromatic amines is 1. The lowest BCUT2D eigenvalue weighted by Gasteiger charge is -2.05. The van der Waals surface area contributed by atoms with Crippen LogP contribution >= 0.6 is 0 Å². The molecule has 0 bridgehead atoms. The molecule has 0 aromatic carbocycles. The number of aryl methyl sites for hydroxylation is 1. The smallest absolute Gasteiger partial charge is 0.352 e. The molecule has 0 spiro atoms. The van der Waals surface area contributed by atoms with Gasteiger partial charge < -0.3 is 10.1 Å². The minimum Gasteiger partial charge on any atom is -0.477 e. The first-order valence-corrected chi connectivity index (χ1v) is 4.42. The highest BCUT2D eigenvalue weighted by molar-refractivity contribution is 5.87. The van der Waals surface area contributed by atoms with Crippen molar-refractivity contribution in [2.75, 3.05) is 0 Å². The van der Waals surface area contributed by atoms with Crippen LogP contribution in [0.1, 0.15) is 35.5 Å². The zero-order chi connectivity index (χ0) is 10.0. The highest BCUT2D eigenvalue weighted by atomic mass is 16.4. The van der Waals surface area contributed by atoms with Gasteiger partial charge in [-0.2, -0.15) is 0 Å². The molecular formula is C10H15NO2. The lowest BCUT2D eigenvalue weighted by molar-refractivity contribution is 0.0690. The Kier molecular flexibility index (Phi) is 2.76. The molecule has 72 valence electrons. The molecule has 1 aromatic rings. The SMILES string of the molecule is Cc1c[nH]c(C(=O)O)c1CC(C)C. The number of hydrogen-bond donors (Lipinski definition) is 2. The molecule has 0 fully saturated rings. The number of carboxylic acid groups (broad SMARTS) is 1. The van der Waals surface area contributed by atoms with Crippen molar-refractivity contribution < 1.29 is 9.90 Å². The molecule has 1 aromatic heterocycles. The summed E-state index contributed by atoms with van der Waals surface area (Å²) in [5.74, 6) is -0.392. The summed E-state index contributed by atoms with van der Waals surface area (Å²) in [4.78, 5) is 13.6. The van der Waals surface area contributed by atoms with Crippen LogP contribution in [0.5, 0.6) is 0 Å². The van der Waals surface area contributed by atoms with Crippen LogP contribution in [-0.4, -0.2) is 16.1 Å².